The molecule has 1 aromatic heterocycles. The number of carbonyl (C=O) groups excluding carboxylic acids is 4. The van der Waals surface area contributed by atoms with Gasteiger partial charge in [-0.25, -0.2) is 0 Å². The molecule has 3 aromatic rings. The summed E-state index contributed by atoms with van der Waals surface area (Å²) in [7, 11) is 0. The number of hydrogen-bond donors (Lipinski definition) is 0. The highest BCUT2D eigenvalue weighted by atomic mass is 79.9. The summed E-state index contributed by atoms with van der Waals surface area (Å²) in [6.45, 7) is 4.15. The minimum atomic E-state index is -1.43. The molecule has 0 bridgehead atoms. The molecule has 0 radical (unpaired) electrons. The number of fused-ring (bicyclic) bond motifs is 1. The molecular weight excluding hydrogens is 620 g/mol. The van der Waals surface area contributed by atoms with E-state index in [9.17, 15) is 24.0 Å². The molecule has 42 heavy (non-hydrogen) atoms. The summed E-state index contributed by atoms with van der Waals surface area (Å²) in [5, 5.41) is 0.282. The van der Waals surface area contributed by atoms with Crippen LogP contribution in [-0.4, -0.2) is 61.2 Å². The van der Waals surface area contributed by atoms with Crippen molar-refractivity contribution in [1.82, 2.24) is 0 Å². The summed E-state index contributed by atoms with van der Waals surface area (Å²) < 4.78 is 39.8. The molecule has 1 fully saturated rings. The highest BCUT2D eigenvalue weighted by molar-refractivity contribution is 9.10. The van der Waals surface area contributed by atoms with Gasteiger partial charge in [0.2, 0.25) is 12.4 Å². The number of halogens is 1. The average molecular weight is 647 g/mol. The molecule has 1 saturated heterocycles. The third-order valence-corrected chi connectivity index (χ3v) is 6.63. The lowest BCUT2D eigenvalue weighted by Crippen LogP contribution is -2.63. The average Bonchev–Trinajstić information content (AvgIpc) is 2.91. The van der Waals surface area contributed by atoms with Crippen molar-refractivity contribution in [2.75, 3.05) is 6.61 Å². The van der Waals surface area contributed by atoms with Gasteiger partial charge in [-0.3, -0.25) is 24.0 Å². The van der Waals surface area contributed by atoms with Crippen LogP contribution in [0.3, 0.4) is 0 Å². The molecule has 2 heterocycles. The molecule has 0 aliphatic carbocycles. The third kappa shape index (κ3) is 7.34. The Kier molecular flexibility index (Phi) is 9.63. The van der Waals surface area contributed by atoms with E-state index < -0.39 is 61.2 Å². The predicted molar refractivity (Wildman–Crippen MR) is 148 cm³/mol. The lowest BCUT2D eigenvalue weighted by atomic mass is 9.98. The van der Waals surface area contributed by atoms with Gasteiger partial charge in [-0.1, -0.05) is 28.1 Å². The molecule has 0 spiro atoms. The molecule has 12 nitrogen and oxygen atoms in total. The van der Waals surface area contributed by atoms with Crippen LogP contribution in [0.5, 0.6) is 5.75 Å². The van der Waals surface area contributed by atoms with Crippen molar-refractivity contribution in [3.63, 3.8) is 0 Å². The molecule has 1 aliphatic rings. The predicted octanol–water partition coefficient (Wildman–Crippen LogP) is 3.68. The van der Waals surface area contributed by atoms with Gasteiger partial charge in [0, 0.05) is 38.2 Å². The van der Waals surface area contributed by atoms with Gasteiger partial charge in [-0.05, 0) is 29.8 Å². The first-order chi connectivity index (χ1) is 19.9. The van der Waals surface area contributed by atoms with Gasteiger partial charge in [0.25, 0.3) is 0 Å². The van der Waals surface area contributed by atoms with Crippen LogP contribution in [0, 0.1) is 0 Å². The highest BCUT2D eigenvalue weighted by Gasteiger charge is 2.53. The smallest absolute Gasteiger partial charge is 0.303 e. The van der Waals surface area contributed by atoms with E-state index in [1.165, 1.54) is 31.4 Å². The van der Waals surface area contributed by atoms with Crippen LogP contribution in [0.2, 0.25) is 0 Å². The number of benzene rings is 2. The van der Waals surface area contributed by atoms with E-state index in [0.717, 1.165) is 25.2 Å². The van der Waals surface area contributed by atoms with Crippen molar-refractivity contribution < 1.29 is 52.0 Å². The zero-order chi connectivity index (χ0) is 30.6. The molecular formula is C29H27BrO12. The number of carbonyl (C=O) groups is 4. The van der Waals surface area contributed by atoms with Crippen LogP contribution >= 0.6 is 15.9 Å². The van der Waals surface area contributed by atoms with E-state index >= 15 is 0 Å². The van der Waals surface area contributed by atoms with Crippen molar-refractivity contribution in [2.45, 2.75) is 58.4 Å². The van der Waals surface area contributed by atoms with Crippen molar-refractivity contribution >= 4 is 50.8 Å². The van der Waals surface area contributed by atoms with E-state index in [1.807, 2.05) is 12.1 Å². The van der Waals surface area contributed by atoms with Gasteiger partial charge < -0.3 is 32.8 Å². The summed E-state index contributed by atoms with van der Waals surface area (Å²) in [4.78, 5) is 60.7. The normalized spacial score (nSPS) is 21.7. The molecule has 5 unspecified atom stereocenters. The Bertz CT molecular complexity index is 1550. The fourth-order valence-electron chi connectivity index (χ4n) is 4.43. The zero-order valence-electron chi connectivity index (χ0n) is 23.0. The second kappa shape index (κ2) is 13.2. The quantitative estimate of drug-likeness (QED) is 0.259. The Hall–Kier alpha value is -4.23. The second-order valence-electron chi connectivity index (χ2n) is 9.33. The van der Waals surface area contributed by atoms with Crippen molar-refractivity contribution in [3.05, 3.63) is 63.4 Å². The van der Waals surface area contributed by atoms with Crippen LogP contribution in [0.25, 0.3) is 22.1 Å². The second-order valence-corrected chi connectivity index (χ2v) is 10.2. The number of hydrogen-bond acceptors (Lipinski definition) is 12. The maximum absolute atomic E-state index is 13.2. The molecule has 13 heteroatoms. The summed E-state index contributed by atoms with van der Waals surface area (Å²) >= 11 is 3.37. The van der Waals surface area contributed by atoms with Crippen molar-refractivity contribution in [2.24, 2.45) is 0 Å². The largest absolute Gasteiger partial charge is 0.463 e. The van der Waals surface area contributed by atoms with Crippen LogP contribution in [0.15, 0.2) is 62.4 Å². The Balaban J connectivity index is 1.70. The Morgan fingerprint density at radius 2 is 1.43 bits per heavy atom. The third-order valence-electron chi connectivity index (χ3n) is 6.10. The zero-order valence-corrected chi connectivity index (χ0v) is 24.6. The first kappa shape index (κ1) is 30.7. The first-order valence-corrected chi connectivity index (χ1v) is 13.5. The molecule has 2 aromatic carbocycles. The Morgan fingerprint density at radius 3 is 2.05 bits per heavy atom. The van der Waals surface area contributed by atoms with Crippen LogP contribution < -0.4 is 10.2 Å². The standard InChI is InChI=1S/C29H27BrO12/c1-14(31)36-13-24-26(38-15(2)32)27(39-16(3)33)28(40-17(4)34)29(42-24)41-20-9-10-21-23(11-20)37-12-22(25(21)35)18-5-7-19(30)8-6-18/h5-12,24,26-29H,13H2,1-4H3. The maximum atomic E-state index is 13.2. The van der Waals surface area contributed by atoms with Gasteiger partial charge in [-0.2, -0.15) is 0 Å². The van der Waals surface area contributed by atoms with Gasteiger partial charge >= 0.3 is 23.9 Å². The van der Waals surface area contributed by atoms with E-state index in [2.05, 4.69) is 15.9 Å². The van der Waals surface area contributed by atoms with Crippen LogP contribution in [-0.2, 0) is 42.9 Å². The van der Waals surface area contributed by atoms with Crippen molar-refractivity contribution in [3.8, 4) is 16.9 Å². The summed E-state index contributed by atoms with van der Waals surface area (Å²) in [5.41, 5.74) is 0.969. The number of rotatable bonds is 8. The van der Waals surface area contributed by atoms with Gasteiger partial charge in [0.05, 0.1) is 10.9 Å². The van der Waals surface area contributed by atoms with Gasteiger partial charge in [0.1, 0.15) is 30.3 Å². The van der Waals surface area contributed by atoms with Crippen molar-refractivity contribution in [1.29, 1.82) is 0 Å². The summed E-state index contributed by atoms with van der Waals surface area (Å²) in [5.74, 6) is -2.78. The van der Waals surface area contributed by atoms with Crippen LogP contribution in [0.4, 0.5) is 0 Å². The highest BCUT2D eigenvalue weighted by Crippen LogP contribution is 2.32. The number of esters is 4. The van der Waals surface area contributed by atoms with E-state index in [-0.39, 0.29) is 22.1 Å². The molecule has 222 valence electrons. The minimum absolute atomic E-state index is 0.142. The molecule has 5 atom stereocenters. The maximum Gasteiger partial charge on any atom is 0.303 e. The molecule has 0 saturated carbocycles. The van der Waals surface area contributed by atoms with E-state index in [4.69, 9.17) is 32.8 Å². The Labute approximate surface area is 247 Å². The van der Waals surface area contributed by atoms with Crippen LogP contribution in [0.1, 0.15) is 27.7 Å². The van der Waals surface area contributed by atoms with E-state index in [1.54, 1.807) is 12.1 Å². The lowest BCUT2D eigenvalue weighted by Gasteiger charge is -2.43. The summed E-state index contributed by atoms with van der Waals surface area (Å²) in [6.07, 6.45) is -5.39. The minimum Gasteiger partial charge on any atom is -0.463 e. The summed E-state index contributed by atoms with van der Waals surface area (Å²) in [6, 6.07) is 11.6. The Morgan fingerprint density at radius 1 is 0.810 bits per heavy atom. The molecule has 4 rings (SSSR count). The topological polar surface area (TPSA) is 154 Å². The fraction of sp³-hybridized carbons (Fsp3) is 0.345. The van der Waals surface area contributed by atoms with E-state index in [0.29, 0.717) is 11.1 Å². The molecule has 0 N–H and O–H groups in total. The monoisotopic (exact) mass is 646 g/mol. The molecule has 0 amide bonds. The van der Waals surface area contributed by atoms with Gasteiger partial charge in [-0.15, -0.1) is 0 Å². The fourth-order valence-corrected chi connectivity index (χ4v) is 4.69. The molecule has 1 aliphatic heterocycles. The lowest BCUT2D eigenvalue weighted by molar-refractivity contribution is -0.288. The van der Waals surface area contributed by atoms with Gasteiger partial charge in [0.15, 0.2) is 17.6 Å². The number of ether oxygens (including phenoxy) is 6. The SMILES string of the molecule is CC(=O)OCC1OC(Oc2ccc3c(=O)c(-c4ccc(Br)cc4)coc3c2)C(OC(C)=O)C(OC(C)=O)C1OC(C)=O. The first-order valence-electron chi connectivity index (χ1n) is 12.7.